The van der Waals surface area contributed by atoms with E-state index in [1.165, 1.54) is 17.4 Å². The summed E-state index contributed by atoms with van der Waals surface area (Å²) >= 11 is 7.39. The quantitative estimate of drug-likeness (QED) is 0.855. The van der Waals surface area contributed by atoms with Crippen molar-refractivity contribution in [3.8, 4) is 0 Å². The molecule has 0 fully saturated rings. The molecule has 0 amide bonds. The van der Waals surface area contributed by atoms with Crippen LogP contribution in [0.1, 0.15) is 16.5 Å². The predicted octanol–water partition coefficient (Wildman–Crippen LogP) is 3.59. The number of hydrogen-bond acceptors (Lipinski definition) is 2. The van der Waals surface area contributed by atoms with Gasteiger partial charge in [-0.1, -0.05) is 29.8 Å². The van der Waals surface area contributed by atoms with Gasteiger partial charge in [0.05, 0.1) is 11.1 Å². The maximum absolute atomic E-state index is 13.2. The number of hydrogen-bond donors (Lipinski definition) is 1. The Kier molecular flexibility index (Phi) is 3.05. The highest BCUT2D eigenvalue weighted by atomic mass is 35.5. The third-order valence-corrected chi connectivity index (χ3v) is 3.52. The molecule has 2 rings (SSSR count). The molecular weight excluding hydrogens is 233 g/mol. The van der Waals surface area contributed by atoms with Crippen molar-refractivity contribution in [2.24, 2.45) is 5.73 Å². The lowest BCUT2D eigenvalue weighted by atomic mass is 10.1. The van der Waals surface area contributed by atoms with E-state index in [0.717, 1.165) is 4.88 Å². The zero-order chi connectivity index (χ0) is 10.8. The van der Waals surface area contributed by atoms with Crippen LogP contribution in [0.4, 0.5) is 4.39 Å². The van der Waals surface area contributed by atoms with Gasteiger partial charge in [0.1, 0.15) is 5.82 Å². The molecule has 15 heavy (non-hydrogen) atoms. The summed E-state index contributed by atoms with van der Waals surface area (Å²) in [4.78, 5) is 0.975. The minimum atomic E-state index is -0.429. The second-order valence-corrected chi connectivity index (χ2v) is 4.49. The summed E-state index contributed by atoms with van der Waals surface area (Å²) in [6.45, 7) is 0. The van der Waals surface area contributed by atoms with Crippen molar-refractivity contribution in [2.75, 3.05) is 0 Å². The molecule has 0 spiro atoms. The van der Waals surface area contributed by atoms with Crippen molar-refractivity contribution in [1.82, 2.24) is 0 Å². The zero-order valence-electron chi connectivity index (χ0n) is 7.78. The highest BCUT2D eigenvalue weighted by Crippen LogP contribution is 2.30. The molecule has 0 aliphatic carbocycles. The molecular formula is C11H9ClFNS. The highest BCUT2D eigenvalue weighted by molar-refractivity contribution is 7.10. The van der Waals surface area contributed by atoms with Crippen molar-refractivity contribution in [3.63, 3.8) is 0 Å². The summed E-state index contributed by atoms with van der Waals surface area (Å²) in [5.74, 6) is -0.429. The van der Waals surface area contributed by atoms with Gasteiger partial charge in [-0.25, -0.2) is 4.39 Å². The van der Waals surface area contributed by atoms with Crippen molar-refractivity contribution >= 4 is 22.9 Å². The standard InChI is InChI=1S/C11H9ClFNS/c12-10-7(3-1-4-8(10)13)11(14)9-5-2-6-15-9/h1-6,11H,14H2. The molecule has 1 unspecified atom stereocenters. The number of halogens is 2. The Morgan fingerprint density at radius 3 is 2.73 bits per heavy atom. The lowest BCUT2D eigenvalue weighted by molar-refractivity contribution is 0.624. The van der Waals surface area contributed by atoms with Crippen LogP contribution < -0.4 is 5.73 Å². The van der Waals surface area contributed by atoms with Crippen LogP contribution in [-0.4, -0.2) is 0 Å². The fraction of sp³-hybridized carbons (Fsp3) is 0.0909. The summed E-state index contributed by atoms with van der Waals surface area (Å²) in [6, 6.07) is 8.16. The van der Waals surface area contributed by atoms with Crippen molar-refractivity contribution < 1.29 is 4.39 Å². The minimum absolute atomic E-state index is 0.110. The van der Waals surface area contributed by atoms with Gasteiger partial charge in [-0.15, -0.1) is 11.3 Å². The van der Waals surface area contributed by atoms with Crippen molar-refractivity contribution in [1.29, 1.82) is 0 Å². The number of benzene rings is 1. The van der Waals surface area contributed by atoms with E-state index >= 15 is 0 Å². The fourth-order valence-electron chi connectivity index (χ4n) is 1.38. The van der Waals surface area contributed by atoms with Crippen LogP contribution in [0.15, 0.2) is 35.7 Å². The summed E-state index contributed by atoms with van der Waals surface area (Å²) in [5, 5.41) is 2.04. The van der Waals surface area contributed by atoms with E-state index in [1.807, 2.05) is 17.5 Å². The van der Waals surface area contributed by atoms with Gasteiger partial charge in [0.15, 0.2) is 0 Å². The topological polar surface area (TPSA) is 26.0 Å². The lowest BCUT2D eigenvalue weighted by Crippen LogP contribution is -2.11. The summed E-state index contributed by atoms with van der Waals surface area (Å²) < 4.78 is 13.2. The predicted molar refractivity (Wildman–Crippen MR) is 61.8 cm³/mol. The van der Waals surface area contributed by atoms with Crippen LogP contribution in [0.5, 0.6) is 0 Å². The Morgan fingerprint density at radius 2 is 2.07 bits per heavy atom. The van der Waals surface area contributed by atoms with Gasteiger partial charge >= 0.3 is 0 Å². The SMILES string of the molecule is NC(c1cccs1)c1cccc(F)c1Cl. The van der Waals surface area contributed by atoms with Crippen LogP contribution in [0.25, 0.3) is 0 Å². The van der Waals surface area contributed by atoms with Crippen LogP contribution in [-0.2, 0) is 0 Å². The van der Waals surface area contributed by atoms with Gasteiger partial charge in [-0.2, -0.15) is 0 Å². The number of thiophene rings is 1. The first kappa shape index (κ1) is 10.6. The minimum Gasteiger partial charge on any atom is -0.320 e. The molecule has 1 atom stereocenters. The molecule has 1 heterocycles. The third-order valence-electron chi connectivity index (χ3n) is 2.17. The van der Waals surface area contributed by atoms with E-state index in [1.54, 1.807) is 12.1 Å². The summed E-state index contributed by atoms with van der Waals surface area (Å²) in [7, 11) is 0. The normalized spacial score (nSPS) is 12.7. The molecule has 0 bridgehead atoms. The van der Waals surface area contributed by atoms with Crippen LogP contribution >= 0.6 is 22.9 Å². The van der Waals surface area contributed by atoms with Gasteiger partial charge < -0.3 is 5.73 Å². The van der Waals surface area contributed by atoms with E-state index in [2.05, 4.69) is 0 Å². The Labute approximate surface area is 96.3 Å². The lowest BCUT2D eigenvalue weighted by Gasteiger charge is -2.12. The third kappa shape index (κ3) is 2.04. The van der Waals surface area contributed by atoms with E-state index in [0.29, 0.717) is 5.56 Å². The van der Waals surface area contributed by atoms with Gasteiger partial charge in [0, 0.05) is 4.88 Å². The first-order valence-electron chi connectivity index (χ1n) is 4.43. The maximum Gasteiger partial charge on any atom is 0.142 e. The van der Waals surface area contributed by atoms with E-state index in [4.69, 9.17) is 17.3 Å². The largest absolute Gasteiger partial charge is 0.320 e. The van der Waals surface area contributed by atoms with Gasteiger partial charge in [0.2, 0.25) is 0 Å². The first-order valence-corrected chi connectivity index (χ1v) is 5.69. The first-order chi connectivity index (χ1) is 7.20. The van der Waals surface area contributed by atoms with Crippen molar-refractivity contribution in [2.45, 2.75) is 6.04 Å². The van der Waals surface area contributed by atoms with Gasteiger partial charge in [-0.3, -0.25) is 0 Å². The molecule has 4 heteroatoms. The van der Waals surface area contributed by atoms with Gasteiger partial charge in [0.25, 0.3) is 0 Å². The van der Waals surface area contributed by atoms with E-state index in [9.17, 15) is 4.39 Å². The second-order valence-electron chi connectivity index (χ2n) is 3.14. The summed E-state index contributed by atoms with van der Waals surface area (Å²) in [5.41, 5.74) is 6.61. The van der Waals surface area contributed by atoms with Crippen LogP contribution in [0.3, 0.4) is 0 Å². The molecule has 2 aromatic rings. The Balaban J connectivity index is 2.42. The average Bonchev–Trinajstić information content (AvgIpc) is 2.74. The summed E-state index contributed by atoms with van der Waals surface area (Å²) in [6.07, 6.45) is 0. The zero-order valence-corrected chi connectivity index (χ0v) is 9.36. The molecule has 0 aliphatic rings. The Morgan fingerprint density at radius 1 is 1.27 bits per heavy atom. The highest BCUT2D eigenvalue weighted by Gasteiger charge is 2.15. The molecule has 1 aromatic heterocycles. The van der Waals surface area contributed by atoms with Crippen molar-refractivity contribution in [3.05, 3.63) is 57.0 Å². The van der Waals surface area contributed by atoms with Crippen LogP contribution in [0, 0.1) is 5.82 Å². The molecule has 0 saturated heterocycles. The smallest absolute Gasteiger partial charge is 0.142 e. The number of nitrogens with two attached hydrogens (primary N) is 1. The molecule has 1 nitrogen and oxygen atoms in total. The maximum atomic E-state index is 13.2. The van der Waals surface area contributed by atoms with E-state index < -0.39 is 5.82 Å². The van der Waals surface area contributed by atoms with Crippen LogP contribution in [0.2, 0.25) is 5.02 Å². The second kappa shape index (κ2) is 4.31. The average molecular weight is 242 g/mol. The Hall–Kier alpha value is -0.900. The molecule has 0 saturated carbocycles. The fourth-order valence-corrected chi connectivity index (χ4v) is 2.37. The molecule has 1 aromatic carbocycles. The molecule has 2 N–H and O–H groups in total. The monoisotopic (exact) mass is 241 g/mol. The number of rotatable bonds is 2. The van der Waals surface area contributed by atoms with Gasteiger partial charge in [-0.05, 0) is 23.1 Å². The molecule has 78 valence electrons. The molecule has 0 radical (unpaired) electrons. The van der Waals surface area contributed by atoms with E-state index in [-0.39, 0.29) is 11.1 Å². The Bertz CT molecular complexity index is 456. The molecule has 0 aliphatic heterocycles.